The zero-order chi connectivity index (χ0) is 17.9. The van der Waals surface area contributed by atoms with Gasteiger partial charge in [0.05, 0.1) is 23.4 Å². The van der Waals surface area contributed by atoms with Gasteiger partial charge in [-0.2, -0.15) is 0 Å². The van der Waals surface area contributed by atoms with Crippen LogP contribution in [-0.4, -0.2) is 69.9 Å². The second-order valence-corrected chi connectivity index (χ2v) is 4.63. The van der Waals surface area contributed by atoms with E-state index in [4.69, 9.17) is 0 Å². The lowest BCUT2D eigenvalue weighted by Gasteiger charge is -2.10. The summed E-state index contributed by atoms with van der Waals surface area (Å²) in [4.78, 5) is 53.0. The van der Waals surface area contributed by atoms with Gasteiger partial charge in [-0.3, -0.25) is 29.0 Å². The van der Waals surface area contributed by atoms with Gasteiger partial charge in [-0.1, -0.05) is 0 Å². The molecule has 0 saturated carbocycles. The van der Waals surface area contributed by atoms with Crippen LogP contribution in [0.3, 0.4) is 0 Å². The first-order chi connectivity index (χ1) is 11.5. The third-order valence-electron chi connectivity index (χ3n) is 2.80. The van der Waals surface area contributed by atoms with E-state index in [0.717, 1.165) is 9.80 Å². The van der Waals surface area contributed by atoms with E-state index in [1.165, 1.54) is 24.3 Å². The molecule has 24 heavy (non-hydrogen) atoms. The molecule has 0 saturated heterocycles. The van der Waals surface area contributed by atoms with Crippen molar-refractivity contribution in [2.75, 3.05) is 26.2 Å². The quantitative estimate of drug-likeness (QED) is 0.374. The van der Waals surface area contributed by atoms with Gasteiger partial charge in [0.15, 0.2) is 0 Å². The van der Waals surface area contributed by atoms with Crippen LogP contribution in [0, 0.1) is 0 Å². The van der Waals surface area contributed by atoms with Gasteiger partial charge in [0.2, 0.25) is 0 Å². The van der Waals surface area contributed by atoms with E-state index >= 15 is 0 Å². The minimum atomic E-state index is -0.292. The van der Waals surface area contributed by atoms with Crippen LogP contribution in [-0.2, 0) is 19.2 Å². The maximum atomic E-state index is 10.9. The molecule has 2 rings (SSSR count). The number of isothiocyanates is 2. The summed E-state index contributed by atoms with van der Waals surface area (Å²) in [6.07, 6.45) is 4.96. The molecule has 2 heterocycles. The van der Waals surface area contributed by atoms with Crippen molar-refractivity contribution in [3.05, 3.63) is 24.3 Å². The molecule has 0 N–H and O–H groups in total. The Bertz CT molecular complexity index is 608. The average Bonchev–Trinajstić information content (AvgIpc) is 3.05. The van der Waals surface area contributed by atoms with Gasteiger partial charge >= 0.3 is 0 Å². The normalized spacial score (nSPS) is 15.2. The SMILES string of the molecule is O=C1C=CC(=O)N1CCN=C=S.O=C1C=CC(=O)N1CCN=C=S. The van der Waals surface area contributed by atoms with Crippen LogP contribution in [0.2, 0.25) is 0 Å². The van der Waals surface area contributed by atoms with Crippen LogP contribution in [0.25, 0.3) is 0 Å². The summed E-state index contributed by atoms with van der Waals surface area (Å²) in [5, 5.41) is 4.32. The third-order valence-corrected chi connectivity index (χ3v) is 3.06. The van der Waals surface area contributed by atoms with E-state index in [-0.39, 0.29) is 36.7 Å². The molecule has 0 spiro atoms. The van der Waals surface area contributed by atoms with Crippen molar-refractivity contribution in [3.8, 4) is 0 Å². The lowest BCUT2D eigenvalue weighted by molar-refractivity contribution is -0.138. The Balaban J connectivity index is 0.000000240. The molecule has 0 unspecified atom stereocenters. The maximum Gasteiger partial charge on any atom is 0.253 e. The van der Waals surface area contributed by atoms with Crippen molar-refractivity contribution in [2.24, 2.45) is 9.98 Å². The number of carbonyl (C=O) groups is 4. The number of amides is 4. The predicted molar refractivity (Wildman–Crippen MR) is 91.5 cm³/mol. The van der Waals surface area contributed by atoms with E-state index in [2.05, 4.69) is 44.7 Å². The second kappa shape index (κ2) is 10.2. The van der Waals surface area contributed by atoms with Crippen molar-refractivity contribution in [1.29, 1.82) is 0 Å². The number of hydrogen-bond acceptors (Lipinski definition) is 8. The fourth-order valence-corrected chi connectivity index (χ4v) is 1.88. The van der Waals surface area contributed by atoms with Gasteiger partial charge in [-0.25, -0.2) is 9.98 Å². The molecule has 2 aliphatic heterocycles. The Labute approximate surface area is 148 Å². The highest BCUT2D eigenvalue weighted by molar-refractivity contribution is 7.78. The molecular weight excluding hydrogens is 352 g/mol. The standard InChI is InChI=1S/2C7H6N2O2S/c2*10-6-1-2-7(11)9(6)4-3-8-5-12/h2*1-2H,3-4H2. The minimum absolute atomic E-state index is 0.272. The topological polar surface area (TPSA) is 99.5 Å². The molecule has 4 amide bonds. The van der Waals surface area contributed by atoms with Gasteiger partial charge in [-0.15, -0.1) is 0 Å². The highest BCUT2D eigenvalue weighted by Gasteiger charge is 2.22. The van der Waals surface area contributed by atoms with Crippen LogP contribution in [0.5, 0.6) is 0 Å². The Kier molecular flexibility index (Phi) is 8.24. The maximum absolute atomic E-state index is 10.9. The van der Waals surface area contributed by atoms with Crippen molar-refractivity contribution in [3.63, 3.8) is 0 Å². The summed E-state index contributed by atoms with van der Waals surface area (Å²) in [7, 11) is 0. The predicted octanol–water partition coefficient (Wildman–Crippen LogP) is 0.0284. The Morgan fingerprint density at radius 1 is 0.708 bits per heavy atom. The first-order valence-electron chi connectivity index (χ1n) is 6.65. The number of nitrogens with zero attached hydrogens (tertiary/aromatic N) is 4. The lowest BCUT2D eigenvalue weighted by atomic mass is 10.5. The van der Waals surface area contributed by atoms with Crippen LogP contribution in [0.15, 0.2) is 34.3 Å². The third kappa shape index (κ3) is 5.86. The molecule has 124 valence electrons. The van der Waals surface area contributed by atoms with Gasteiger partial charge < -0.3 is 0 Å². The van der Waals surface area contributed by atoms with Crippen molar-refractivity contribution in [2.45, 2.75) is 0 Å². The number of thiocarbonyl (C=S) groups is 2. The summed E-state index contributed by atoms with van der Waals surface area (Å²) >= 11 is 8.66. The number of imide groups is 2. The number of carbonyl (C=O) groups excluding carboxylic acids is 4. The Hall–Kier alpha value is -2.64. The molecule has 0 aliphatic carbocycles. The molecular formula is C14H12N4O4S2. The first-order valence-corrected chi connectivity index (χ1v) is 7.47. The molecule has 2 aliphatic rings. The van der Waals surface area contributed by atoms with Crippen LogP contribution >= 0.6 is 24.4 Å². The Morgan fingerprint density at radius 2 is 1.00 bits per heavy atom. The average molecular weight is 364 g/mol. The first kappa shape index (κ1) is 19.4. The van der Waals surface area contributed by atoms with Gasteiger partial charge in [0.25, 0.3) is 23.6 Å². The molecule has 0 aromatic carbocycles. The van der Waals surface area contributed by atoms with Crippen molar-refractivity contribution in [1.82, 2.24) is 9.80 Å². The molecule has 0 bridgehead atoms. The molecule has 0 aromatic rings. The molecule has 0 aromatic heterocycles. The van der Waals surface area contributed by atoms with E-state index in [1.807, 2.05) is 0 Å². The fourth-order valence-electron chi connectivity index (χ4n) is 1.69. The molecule has 0 radical (unpaired) electrons. The highest BCUT2D eigenvalue weighted by atomic mass is 32.1. The number of rotatable bonds is 6. The monoisotopic (exact) mass is 364 g/mol. The number of aliphatic imine (C=N–C) groups is 2. The largest absolute Gasteiger partial charge is 0.274 e. The molecule has 0 fully saturated rings. The summed E-state index contributed by atoms with van der Waals surface area (Å²) in [6, 6.07) is 0. The van der Waals surface area contributed by atoms with Crippen molar-refractivity contribution < 1.29 is 19.2 Å². The van der Waals surface area contributed by atoms with Crippen LogP contribution in [0.4, 0.5) is 0 Å². The lowest BCUT2D eigenvalue weighted by Crippen LogP contribution is -2.32. The minimum Gasteiger partial charge on any atom is -0.274 e. The zero-order valence-electron chi connectivity index (χ0n) is 12.4. The second-order valence-electron chi connectivity index (χ2n) is 4.27. The summed E-state index contributed by atoms with van der Waals surface area (Å²) in [5.74, 6) is -1.17. The van der Waals surface area contributed by atoms with Crippen LogP contribution in [0.1, 0.15) is 0 Å². The molecule has 0 atom stereocenters. The summed E-state index contributed by atoms with van der Waals surface area (Å²) in [5.41, 5.74) is 0. The summed E-state index contributed by atoms with van der Waals surface area (Å²) in [6.45, 7) is 1.19. The van der Waals surface area contributed by atoms with Crippen molar-refractivity contribution >= 4 is 58.4 Å². The zero-order valence-corrected chi connectivity index (χ0v) is 14.0. The molecule has 10 heteroatoms. The van der Waals surface area contributed by atoms with Gasteiger partial charge in [0.1, 0.15) is 0 Å². The summed E-state index contributed by atoms with van der Waals surface area (Å²) < 4.78 is 0. The smallest absolute Gasteiger partial charge is 0.253 e. The van der Waals surface area contributed by atoms with E-state index < -0.39 is 0 Å². The van der Waals surface area contributed by atoms with Crippen LogP contribution < -0.4 is 0 Å². The van der Waals surface area contributed by atoms with Gasteiger partial charge in [-0.05, 0) is 24.4 Å². The fraction of sp³-hybridized carbons (Fsp3) is 0.286. The van der Waals surface area contributed by atoms with E-state index in [1.54, 1.807) is 0 Å². The van der Waals surface area contributed by atoms with Gasteiger partial charge in [0, 0.05) is 37.4 Å². The Morgan fingerprint density at radius 3 is 1.25 bits per heavy atom. The number of hydrogen-bond donors (Lipinski definition) is 0. The van der Waals surface area contributed by atoms with E-state index in [9.17, 15) is 19.2 Å². The highest BCUT2D eigenvalue weighted by Crippen LogP contribution is 2.02. The van der Waals surface area contributed by atoms with E-state index in [0.29, 0.717) is 13.1 Å². The molecule has 8 nitrogen and oxygen atoms in total.